The van der Waals surface area contributed by atoms with Crippen LogP contribution in [0.5, 0.6) is 0 Å². The van der Waals surface area contributed by atoms with Crippen molar-refractivity contribution in [1.29, 1.82) is 0 Å². The van der Waals surface area contributed by atoms with E-state index in [1.807, 2.05) is 6.07 Å². The number of nitrogens with one attached hydrogen (secondary N) is 2. The molecule has 0 aliphatic carbocycles. The molecule has 170 valence electrons. The van der Waals surface area contributed by atoms with Crippen LogP contribution in [-0.4, -0.2) is 62.5 Å². The summed E-state index contributed by atoms with van der Waals surface area (Å²) < 4.78 is 25.5. The molecular formula is C22H26N4O5S. The van der Waals surface area contributed by atoms with Crippen LogP contribution in [0.3, 0.4) is 0 Å². The highest BCUT2D eigenvalue weighted by Gasteiger charge is 2.20. The van der Waals surface area contributed by atoms with Gasteiger partial charge >= 0.3 is 0 Å². The third-order valence-electron chi connectivity index (χ3n) is 5.04. The first kappa shape index (κ1) is 23.4. The van der Waals surface area contributed by atoms with Gasteiger partial charge in [0.05, 0.1) is 11.4 Å². The predicted molar refractivity (Wildman–Crippen MR) is 119 cm³/mol. The van der Waals surface area contributed by atoms with E-state index in [1.54, 1.807) is 23.1 Å². The Balaban J connectivity index is 1.57. The smallest absolute Gasteiger partial charge is 0.251 e. The molecule has 1 heterocycles. The van der Waals surface area contributed by atoms with Gasteiger partial charge in [-0.1, -0.05) is 18.2 Å². The number of amides is 3. The average molecular weight is 459 g/mol. The van der Waals surface area contributed by atoms with E-state index >= 15 is 0 Å². The van der Waals surface area contributed by atoms with Gasteiger partial charge in [0.2, 0.25) is 21.8 Å². The molecule has 2 N–H and O–H groups in total. The number of likely N-dealkylation sites (tertiary alicyclic amines) is 1. The summed E-state index contributed by atoms with van der Waals surface area (Å²) in [6.07, 6.45) is 1.43. The molecule has 2 aromatic rings. The Labute approximate surface area is 187 Å². The van der Waals surface area contributed by atoms with Crippen molar-refractivity contribution >= 4 is 33.4 Å². The van der Waals surface area contributed by atoms with E-state index in [0.717, 1.165) is 22.8 Å². The summed E-state index contributed by atoms with van der Waals surface area (Å²) in [5.41, 5.74) is 1.60. The van der Waals surface area contributed by atoms with Crippen molar-refractivity contribution in [2.75, 3.05) is 32.5 Å². The van der Waals surface area contributed by atoms with Crippen LogP contribution in [0.2, 0.25) is 0 Å². The molecule has 3 amide bonds. The highest BCUT2D eigenvalue weighted by atomic mass is 32.2. The number of nitrogens with zero attached hydrogens (tertiary/aromatic N) is 2. The van der Waals surface area contributed by atoms with Crippen LogP contribution in [0.15, 0.2) is 53.4 Å². The summed E-state index contributed by atoms with van der Waals surface area (Å²) >= 11 is 0. The molecule has 0 atom stereocenters. The summed E-state index contributed by atoms with van der Waals surface area (Å²) in [5.74, 6) is -0.855. The Kier molecular flexibility index (Phi) is 7.26. The second-order valence-electron chi connectivity index (χ2n) is 7.67. The molecule has 9 nitrogen and oxygen atoms in total. The highest BCUT2D eigenvalue weighted by molar-refractivity contribution is 7.89. The van der Waals surface area contributed by atoms with Gasteiger partial charge in [0.15, 0.2) is 0 Å². The lowest BCUT2D eigenvalue weighted by atomic mass is 10.2. The Morgan fingerprint density at radius 3 is 2.53 bits per heavy atom. The molecule has 1 saturated heterocycles. The van der Waals surface area contributed by atoms with E-state index in [0.29, 0.717) is 18.7 Å². The van der Waals surface area contributed by atoms with Gasteiger partial charge in [-0.2, -0.15) is 0 Å². The monoisotopic (exact) mass is 458 g/mol. The number of hydrogen-bond acceptors (Lipinski definition) is 5. The summed E-state index contributed by atoms with van der Waals surface area (Å²) in [6.45, 7) is 0.947. The fourth-order valence-electron chi connectivity index (χ4n) is 3.32. The van der Waals surface area contributed by atoms with Gasteiger partial charge in [0.25, 0.3) is 5.91 Å². The van der Waals surface area contributed by atoms with Gasteiger partial charge in [-0.25, -0.2) is 12.7 Å². The molecule has 1 aliphatic rings. The minimum Gasteiger partial charge on any atom is -0.343 e. The zero-order valence-electron chi connectivity index (χ0n) is 18.0. The molecular weight excluding hydrogens is 432 g/mol. The standard InChI is InChI=1S/C22H26N4O5S/c1-25(2)32(30,31)19-9-4-7-17(13-19)22(29)23-14-20(27)24-18-8-3-6-16(12-18)15-26-11-5-10-21(26)28/h3-4,6-9,12-13H,5,10-11,14-15H2,1-2H3,(H,23,29)(H,24,27). The minimum absolute atomic E-state index is 0.00657. The van der Waals surface area contributed by atoms with Crippen molar-refractivity contribution in [3.63, 3.8) is 0 Å². The van der Waals surface area contributed by atoms with Crippen LogP contribution < -0.4 is 10.6 Å². The summed E-state index contributed by atoms with van der Waals surface area (Å²) in [4.78, 5) is 38.2. The number of carbonyl (C=O) groups is 3. The van der Waals surface area contributed by atoms with Crippen LogP contribution in [0.25, 0.3) is 0 Å². The Hall–Kier alpha value is -3.24. The average Bonchev–Trinajstić information content (AvgIpc) is 3.16. The minimum atomic E-state index is -3.67. The van der Waals surface area contributed by atoms with Gasteiger partial charge in [-0.15, -0.1) is 0 Å². The fraction of sp³-hybridized carbons (Fsp3) is 0.318. The molecule has 1 fully saturated rings. The number of benzene rings is 2. The molecule has 0 bridgehead atoms. The Morgan fingerprint density at radius 1 is 1.09 bits per heavy atom. The molecule has 32 heavy (non-hydrogen) atoms. The van der Waals surface area contributed by atoms with Crippen LogP contribution in [-0.2, 0) is 26.2 Å². The maximum absolute atomic E-state index is 12.4. The van der Waals surface area contributed by atoms with Crippen molar-refractivity contribution < 1.29 is 22.8 Å². The van der Waals surface area contributed by atoms with Crippen molar-refractivity contribution in [2.24, 2.45) is 0 Å². The van der Waals surface area contributed by atoms with Gasteiger partial charge in [-0.3, -0.25) is 14.4 Å². The third kappa shape index (κ3) is 5.71. The SMILES string of the molecule is CN(C)S(=O)(=O)c1cccc(C(=O)NCC(=O)Nc2cccc(CN3CCCC3=O)c2)c1. The molecule has 2 aromatic carbocycles. The van der Waals surface area contributed by atoms with Gasteiger partial charge in [0.1, 0.15) is 0 Å². The second-order valence-corrected chi connectivity index (χ2v) is 9.82. The van der Waals surface area contributed by atoms with E-state index in [9.17, 15) is 22.8 Å². The van der Waals surface area contributed by atoms with E-state index in [1.165, 1.54) is 38.4 Å². The van der Waals surface area contributed by atoms with Crippen molar-refractivity contribution in [1.82, 2.24) is 14.5 Å². The zero-order valence-corrected chi connectivity index (χ0v) is 18.8. The number of anilines is 1. The summed E-state index contributed by atoms with van der Waals surface area (Å²) in [6, 6.07) is 12.8. The molecule has 0 aromatic heterocycles. The Bertz CT molecular complexity index is 1130. The maximum Gasteiger partial charge on any atom is 0.251 e. The molecule has 1 aliphatic heterocycles. The van der Waals surface area contributed by atoms with Gasteiger partial charge < -0.3 is 15.5 Å². The summed E-state index contributed by atoms with van der Waals surface area (Å²) in [5, 5.41) is 5.21. The number of hydrogen-bond donors (Lipinski definition) is 2. The van der Waals surface area contributed by atoms with E-state index in [4.69, 9.17) is 0 Å². The normalized spacial score (nSPS) is 14.0. The molecule has 0 spiro atoms. The quantitative estimate of drug-likeness (QED) is 0.621. The molecule has 0 saturated carbocycles. The fourth-order valence-corrected chi connectivity index (χ4v) is 4.26. The Morgan fingerprint density at radius 2 is 1.84 bits per heavy atom. The van der Waals surface area contributed by atoms with E-state index in [2.05, 4.69) is 10.6 Å². The van der Waals surface area contributed by atoms with Crippen LogP contribution in [0.4, 0.5) is 5.69 Å². The lowest BCUT2D eigenvalue weighted by molar-refractivity contribution is -0.128. The lowest BCUT2D eigenvalue weighted by Gasteiger charge is -2.16. The maximum atomic E-state index is 12.4. The highest BCUT2D eigenvalue weighted by Crippen LogP contribution is 2.17. The first-order valence-corrected chi connectivity index (χ1v) is 11.6. The van der Waals surface area contributed by atoms with Gasteiger partial charge in [-0.05, 0) is 42.3 Å². The largest absolute Gasteiger partial charge is 0.343 e. The third-order valence-corrected chi connectivity index (χ3v) is 6.85. The van der Waals surface area contributed by atoms with Crippen LogP contribution in [0, 0.1) is 0 Å². The van der Waals surface area contributed by atoms with E-state index < -0.39 is 21.8 Å². The number of carbonyl (C=O) groups excluding carboxylic acids is 3. The zero-order chi connectivity index (χ0) is 23.3. The summed E-state index contributed by atoms with van der Waals surface area (Å²) in [7, 11) is -0.857. The lowest BCUT2D eigenvalue weighted by Crippen LogP contribution is -2.33. The van der Waals surface area contributed by atoms with Crippen molar-refractivity contribution in [3.8, 4) is 0 Å². The van der Waals surface area contributed by atoms with Crippen LogP contribution in [0.1, 0.15) is 28.8 Å². The first-order chi connectivity index (χ1) is 15.2. The number of rotatable bonds is 8. The molecule has 3 rings (SSSR count). The van der Waals surface area contributed by atoms with E-state index in [-0.39, 0.29) is 22.9 Å². The van der Waals surface area contributed by atoms with Crippen molar-refractivity contribution in [2.45, 2.75) is 24.3 Å². The van der Waals surface area contributed by atoms with Crippen molar-refractivity contribution in [3.05, 3.63) is 59.7 Å². The molecule has 0 unspecified atom stereocenters. The predicted octanol–water partition coefficient (Wildman–Crippen LogP) is 1.43. The first-order valence-electron chi connectivity index (χ1n) is 10.1. The topological polar surface area (TPSA) is 116 Å². The van der Waals surface area contributed by atoms with Gasteiger partial charge in [0, 0.05) is 44.9 Å². The molecule has 10 heteroatoms. The molecule has 0 radical (unpaired) electrons. The number of sulfonamides is 1. The van der Waals surface area contributed by atoms with Crippen LogP contribution >= 0.6 is 0 Å². The second kappa shape index (κ2) is 9.92.